The molecule has 25 heavy (non-hydrogen) atoms. The first-order valence-corrected chi connectivity index (χ1v) is 9.25. The molecule has 3 atom stereocenters. The summed E-state index contributed by atoms with van der Waals surface area (Å²) < 4.78 is 18.2. The van der Waals surface area contributed by atoms with Crippen molar-refractivity contribution in [2.24, 2.45) is 0 Å². The maximum Gasteiger partial charge on any atom is 0.227 e. The Bertz CT molecular complexity index is 775. The number of ketones is 1. The van der Waals surface area contributed by atoms with Gasteiger partial charge in [-0.25, -0.2) is 0 Å². The third-order valence-corrected chi connectivity index (χ3v) is 7.10. The van der Waals surface area contributed by atoms with Gasteiger partial charge in [0.25, 0.3) is 0 Å². The Morgan fingerprint density at radius 1 is 1.28 bits per heavy atom. The van der Waals surface area contributed by atoms with E-state index in [0.29, 0.717) is 18.9 Å². The van der Waals surface area contributed by atoms with Crippen LogP contribution in [0.4, 0.5) is 0 Å². The summed E-state index contributed by atoms with van der Waals surface area (Å²) in [5.74, 6) is 0.968. The summed E-state index contributed by atoms with van der Waals surface area (Å²) in [5.41, 5.74) is 3.85. The summed E-state index contributed by atoms with van der Waals surface area (Å²) in [6, 6.07) is 2.58. The van der Waals surface area contributed by atoms with Crippen LogP contribution in [0.3, 0.4) is 0 Å². The van der Waals surface area contributed by atoms with Crippen LogP contribution in [0.2, 0.25) is 0 Å². The number of hydrogen-bond acceptors (Lipinski definition) is 5. The molecule has 2 aliphatic heterocycles. The van der Waals surface area contributed by atoms with Gasteiger partial charge in [0, 0.05) is 31.7 Å². The van der Waals surface area contributed by atoms with Crippen LogP contribution in [0.25, 0.3) is 0 Å². The molecular weight excluding hydrogens is 318 g/mol. The normalized spacial score (nSPS) is 35.8. The first-order valence-electron chi connectivity index (χ1n) is 9.25. The molecule has 1 saturated carbocycles. The molecule has 0 bridgehead atoms. The molecule has 0 radical (unpaired) electrons. The summed E-state index contributed by atoms with van der Waals surface area (Å²) in [4.78, 5) is 14.7. The highest BCUT2D eigenvalue weighted by atomic mass is 16.7. The number of rotatable bonds is 2. The van der Waals surface area contributed by atoms with Crippen LogP contribution in [-0.4, -0.2) is 44.3 Å². The highest BCUT2D eigenvalue weighted by Gasteiger charge is 2.67. The van der Waals surface area contributed by atoms with E-state index in [2.05, 4.69) is 18.0 Å². The molecule has 0 aromatic heterocycles. The van der Waals surface area contributed by atoms with Gasteiger partial charge in [0.2, 0.25) is 5.79 Å². The van der Waals surface area contributed by atoms with E-state index in [1.54, 1.807) is 14.2 Å². The molecule has 1 aromatic rings. The quantitative estimate of drug-likeness (QED) is 0.826. The molecule has 134 valence electrons. The predicted octanol–water partition coefficient (Wildman–Crippen LogP) is 2.74. The van der Waals surface area contributed by atoms with Gasteiger partial charge in [-0.1, -0.05) is 0 Å². The van der Waals surface area contributed by atoms with E-state index in [9.17, 15) is 4.79 Å². The van der Waals surface area contributed by atoms with E-state index in [1.807, 2.05) is 0 Å². The van der Waals surface area contributed by atoms with E-state index in [4.69, 9.17) is 14.2 Å². The van der Waals surface area contributed by atoms with Gasteiger partial charge in [0.15, 0.2) is 11.5 Å². The zero-order valence-corrected chi connectivity index (χ0v) is 15.2. The summed E-state index contributed by atoms with van der Waals surface area (Å²) in [6.45, 7) is 1.07. The molecule has 5 nitrogen and oxygen atoms in total. The Hall–Kier alpha value is -1.59. The van der Waals surface area contributed by atoms with Crippen molar-refractivity contribution in [2.45, 2.75) is 55.8 Å². The lowest BCUT2D eigenvalue weighted by Gasteiger charge is -2.51. The van der Waals surface area contributed by atoms with Crippen molar-refractivity contribution >= 4 is 5.78 Å². The number of ether oxygens (including phenoxy) is 3. The van der Waals surface area contributed by atoms with Crippen LogP contribution in [0.5, 0.6) is 11.5 Å². The number of likely N-dealkylation sites (N-methyl/N-ethyl adjacent to an activating group) is 1. The minimum atomic E-state index is -0.867. The Labute approximate surface area is 148 Å². The van der Waals surface area contributed by atoms with E-state index < -0.39 is 5.79 Å². The molecule has 0 saturated heterocycles. The lowest BCUT2D eigenvalue weighted by molar-refractivity contribution is -0.215. The van der Waals surface area contributed by atoms with Crippen molar-refractivity contribution in [1.82, 2.24) is 4.90 Å². The molecule has 3 unspecified atom stereocenters. The molecule has 1 aromatic carbocycles. The van der Waals surface area contributed by atoms with E-state index in [0.717, 1.165) is 43.7 Å². The maximum absolute atomic E-state index is 12.3. The second-order valence-electron chi connectivity index (χ2n) is 8.00. The van der Waals surface area contributed by atoms with Gasteiger partial charge in [0.05, 0.1) is 18.9 Å². The zero-order valence-electron chi connectivity index (χ0n) is 15.2. The molecule has 5 heteroatoms. The van der Waals surface area contributed by atoms with Gasteiger partial charge in [-0.05, 0) is 49.9 Å². The largest absolute Gasteiger partial charge is 0.493 e. The predicted molar refractivity (Wildman–Crippen MR) is 92.2 cm³/mol. The summed E-state index contributed by atoms with van der Waals surface area (Å²) >= 11 is 0. The van der Waals surface area contributed by atoms with Gasteiger partial charge in [-0.2, -0.15) is 0 Å². The zero-order chi connectivity index (χ0) is 17.4. The molecule has 1 fully saturated rings. The van der Waals surface area contributed by atoms with Crippen molar-refractivity contribution in [2.75, 3.05) is 27.8 Å². The summed E-state index contributed by atoms with van der Waals surface area (Å²) in [5, 5.41) is 0. The molecule has 0 amide bonds. The Kier molecular flexibility index (Phi) is 3.12. The molecule has 5 rings (SSSR count). The van der Waals surface area contributed by atoms with E-state index >= 15 is 0 Å². The Balaban J connectivity index is 1.82. The van der Waals surface area contributed by atoms with Crippen LogP contribution in [-0.2, 0) is 21.4 Å². The minimum absolute atomic E-state index is 0.224. The molecule has 0 N–H and O–H groups in total. The Morgan fingerprint density at radius 3 is 2.88 bits per heavy atom. The van der Waals surface area contributed by atoms with Gasteiger partial charge < -0.3 is 14.2 Å². The second-order valence-corrected chi connectivity index (χ2v) is 8.00. The van der Waals surface area contributed by atoms with Gasteiger partial charge in [-0.3, -0.25) is 9.69 Å². The topological polar surface area (TPSA) is 48.0 Å². The van der Waals surface area contributed by atoms with Gasteiger partial charge in [0.1, 0.15) is 5.78 Å². The fourth-order valence-corrected chi connectivity index (χ4v) is 5.87. The number of nitrogens with zero attached hydrogens (tertiary/aromatic N) is 1. The SMILES string of the molecule is COc1cc2c3c4c1OC1(OC)CC(=O)CCC41CCC3N(C)CC2. The second kappa shape index (κ2) is 4.98. The number of Topliss-reactive ketones (excluding diaryl/α,β-unsaturated/α-hetero) is 1. The third kappa shape index (κ3) is 1.73. The van der Waals surface area contributed by atoms with E-state index in [-0.39, 0.29) is 11.2 Å². The van der Waals surface area contributed by atoms with E-state index in [1.165, 1.54) is 16.7 Å². The average molecular weight is 343 g/mol. The van der Waals surface area contributed by atoms with Crippen molar-refractivity contribution < 1.29 is 19.0 Å². The van der Waals surface area contributed by atoms with Crippen LogP contribution < -0.4 is 9.47 Å². The number of methoxy groups -OCH3 is 2. The highest BCUT2D eigenvalue weighted by molar-refractivity contribution is 5.82. The number of carbonyl (C=O) groups is 1. The molecular formula is C20H25NO4. The third-order valence-electron chi connectivity index (χ3n) is 7.10. The van der Waals surface area contributed by atoms with Crippen molar-refractivity contribution in [3.8, 4) is 11.5 Å². The van der Waals surface area contributed by atoms with Gasteiger partial charge in [-0.15, -0.1) is 0 Å². The molecule has 4 aliphatic rings. The fourth-order valence-electron chi connectivity index (χ4n) is 5.87. The van der Waals surface area contributed by atoms with Crippen molar-refractivity contribution in [3.63, 3.8) is 0 Å². The number of carbonyl (C=O) groups excluding carboxylic acids is 1. The van der Waals surface area contributed by atoms with Crippen molar-refractivity contribution in [1.29, 1.82) is 0 Å². The number of hydrogen-bond donors (Lipinski definition) is 0. The minimum Gasteiger partial charge on any atom is -0.493 e. The van der Waals surface area contributed by atoms with Gasteiger partial charge >= 0.3 is 0 Å². The van der Waals surface area contributed by atoms with Crippen LogP contribution in [0.1, 0.15) is 54.8 Å². The first kappa shape index (κ1) is 15.6. The smallest absolute Gasteiger partial charge is 0.227 e. The standard InChI is InChI=1S/C20H25NO4/c1-21-9-6-12-10-15(23-2)18-17-16(12)14(21)5-8-19(17)7-4-13(22)11-20(19,24-3)25-18/h10,14H,4-9,11H2,1-3H3. The van der Waals surface area contributed by atoms with Crippen LogP contribution in [0, 0.1) is 0 Å². The number of benzene rings is 1. The molecule has 2 aliphatic carbocycles. The van der Waals surface area contributed by atoms with Crippen LogP contribution in [0.15, 0.2) is 6.07 Å². The maximum atomic E-state index is 12.3. The summed E-state index contributed by atoms with van der Waals surface area (Å²) in [6.07, 6.45) is 4.86. The fraction of sp³-hybridized carbons (Fsp3) is 0.650. The molecule has 1 spiro atoms. The Morgan fingerprint density at radius 2 is 2.12 bits per heavy atom. The lowest BCUT2D eigenvalue weighted by Crippen LogP contribution is -2.58. The van der Waals surface area contributed by atoms with Crippen molar-refractivity contribution in [3.05, 3.63) is 22.8 Å². The average Bonchev–Trinajstić information content (AvgIpc) is 2.93. The highest BCUT2D eigenvalue weighted by Crippen LogP contribution is 2.66. The van der Waals surface area contributed by atoms with Crippen LogP contribution >= 0.6 is 0 Å². The summed E-state index contributed by atoms with van der Waals surface area (Å²) in [7, 11) is 5.60. The lowest BCUT2D eigenvalue weighted by atomic mass is 9.58. The monoisotopic (exact) mass is 343 g/mol. The molecule has 2 heterocycles. The first-order chi connectivity index (χ1) is 12.0.